The van der Waals surface area contributed by atoms with Gasteiger partial charge in [0.1, 0.15) is 18.3 Å². The molecule has 34 heavy (non-hydrogen) atoms. The van der Waals surface area contributed by atoms with Crippen LogP contribution in [-0.4, -0.2) is 94.4 Å². The summed E-state index contributed by atoms with van der Waals surface area (Å²) in [6.45, 7) is 3.38. The topological polar surface area (TPSA) is 147 Å². The highest BCUT2D eigenvalue weighted by Gasteiger charge is 2.44. The zero-order valence-corrected chi connectivity index (χ0v) is 20.7. The van der Waals surface area contributed by atoms with E-state index < -0.39 is 56.2 Å². The van der Waals surface area contributed by atoms with Gasteiger partial charge < -0.3 is 49.2 Å². The fourth-order valence-electron chi connectivity index (χ4n) is 4.41. The molecule has 0 aromatic rings. The van der Waals surface area contributed by atoms with E-state index >= 15 is 0 Å². The molecule has 2 aliphatic rings. The summed E-state index contributed by atoms with van der Waals surface area (Å²) < 4.78 is 27.9. The molecule has 0 saturated carbocycles. The van der Waals surface area contributed by atoms with Crippen LogP contribution in [0.25, 0.3) is 0 Å². The second-order valence-electron chi connectivity index (χ2n) is 9.30. The molecular weight excluding hydrogens is 448 g/mol. The van der Waals surface area contributed by atoms with Crippen LogP contribution in [0.2, 0.25) is 0 Å². The highest BCUT2D eigenvalue weighted by Crippen LogP contribution is 2.29. The Morgan fingerprint density at radius 2 is 1.38 bits per heavy atom. The van der Waals surface area contributed by atoms with Gasteiger partial charge in [-0.1, -0.05) is 65.2 Å². The third-order valence-electron chi connectivity index (χ3n) is 6.39. The first kappa shape index (κ1) is 29.8. The van der Waals surface area contributed by atoms with Crippen molar-refractivity contribution in [2.45, 2.75) is 140 Å². The zero-order chi connectivity index (χ0) is 24.9. The summed E-state index contributed by atoms with van der Waals surface area (Å²) in [5.41, 5.74) is 0. The third-order valence-corrected chi connectivity index (χ3v) is 6.39. The van der Waals surface area contributed by atoms with Crippen molar-refractivity contribution in [3.63, 3.8) is 0 Å². The molecule has 0 radical (unpaired) electrons. The Labute approximate surface area is 203 Å². The molecule has 0 aliphatic carbocycles. The summed E-state index contributed by atoms with van der Waals surface area (Å²) in [5, 5.41) is 49.4. The van der Waals surface area contributed by atoms with Gasteiger partial charge in [0.15, 0.2) is 12.6 Å². The van der Waals surface area contributed by atoms with Crippen LogP contribution in [0.3, 0.4) is 0 Å². The van der Waals surface area contributed by atoms with Crippen molar-refractivity contribution in [2.24, 2.45) is 0 Å². The lowest BCUT2D eigenvalue weighted by molar-refractivity contribution is -0.404. The molecule has 0 bridgehead atoms. The number of hydrogen-bond donors (Lipinski definition) is 5. The molecule has 0 aromatic heterocycles. The van der Waals surface area contributed by atoms with Gasteiger partial charge in [0, 0.05) is 6.42 Å². The number of unbranched alkanes of at least 4 members (excludes halogenated alkanes) is 6. The van der Waals surface area contributed by atoms with Gasteiger partial charge in [0.25, 0.3) is 0 Å². The summed E-state index contributed by atoms with van der Waals surface area (Å²) in [4.78, 5) is 0. The third kappa shape index (κ3) is 9.57. The van der Waals surface area contributed by atoms with E-state index in [1.165, 1.54) is 32.1 Å². The minimum Gasteiger partial charge on any atom is -0.394 e. The van der Waals surface area contributed by atoms with Crippen molar-refractivity contribution in [1.82, 2.24) is 0 Å². The first-order chi connectivity index (χ1) is 16.4. The Kier molecular flexibility index (Phi) is 14.4. The number of ether oxygens (including phenoxy) is 5. The second kappa shape index (κ2) is 16.4. The van der Waals surface area contributed by atoms with Crippen LogP contribution in [0.1, 0.15) is 84.5 Å². The van der Waals surface area contributed by atoms with Crippen molar-refractivity contribution < 1.29 is 49.2 Å². The lowest BCUT2D eigenvalue weighted by Gasteiger charge is -2.43. The van der Waals surface area contributed by atoms with E-state index in [1.807, 2.05) is 0 Å². The van der Waals surface area contributed by atoms with E-state index in [9.17, 15) is 25.5 Å². The van der Waals surface area contributed by atoms with Gasteiger partial charge in [0.2, 0.25) is 12.6 Å². The van der Waals surface area contributed by atoms with E-state index in [1.54, 1.807) is 0 Å². The maximum absolute atomic E-state index is 10.7. The standard InChI is InChI=1S/C24H46O10/c1-3-5-6-7-8-9-10-12-16(11-4-2)30-23-17(27)13-18(19(14-25)32-23)31-24-22(29)34-21(28)20(15-26)33-24/h16-29H,3-15H2,1-2H3. The summed E-state index contributed by atoms with van der Waals surface area (Å²) in [5.74, 6) is 0. The minimum absolute atomic E-state index is 0.0409. The monoisotopic (exact) mass is 494 g/mol. The van der Waals surface area contributed by atoms with Crippen molar-refractivity contribution in [3.05, 3.63) is 0 Å². The van der Waals surface area contributed by atoms with Crippen LogP contribution in [0.15, 0.2) is 0 Å². The first-order valence-electron chi connectivity index (χ1n) is 13.0. The molecule has 10 nitrogen and oxygen atoms in total. The summed E-state index contributed by atoms with van der Waals surface area (Å²) in [6, 6.07) is 0. The van der Waals surface area contributed by atoms with Crippen LogP contribution in [0, 0.1) is 0 Å². The molecule has 2 saturated heterocycles. The Bertz CT molecular complexity index is 524. The largest absolute Gasteiger partial charge is 0.394 e. The minimum atomic E-state index is -1.60. The molecule has 9 atom stereocenters. The molecule has 2 aliphatic heterocycles. The smallest absolute Gasteiger partial charge is 0.210 e. The van der Waals surface area contributed by atoms with Crippen molar-refractivity contribution >= 4 is 0 Å². The second-order valence-corrected chi connectivity index (χ2v) is 9.30. The van der Waals surface area contributed by atoms with Gasteiger partial charge in [-0.05, 0) is 12.8 Å². The summed E-state index contributed by atoms with van der Waals surface area (Å²) in [7, 11) is 0. The molecule has 2 rings (SSSR count). The Morgan fingerprint density at radius 3 is 2.03 bits per heavy atom. The van der Waals surface area contributed by atoms with Gasteiger partial charge in [-0.25, -0.2) is 0 Å². The van der Waals surface area contributed by atoms with Crippen LogP contribution < -0.4 is 0 Å². The highest BCUT2D eigenvalue weighted by atomic mass is 16.8. The van der Waals surface area contributed by atoms with Crippen molar-refractivity contribution in [3.8, 4) is 0 Å². The molecule has 202 valence electrons. The fourth-order valence-corrected chi connectivity index (χ4v) is 4.41. The summed E-state index contributed by atoms with van der Waals surface area (Å²) >= 11 is 0. The average molecular weight is 495 g/mol. The quantitative estimate of drug-likeness (QED) is 0.200. The number of aliphatic hydroxyl groups is 5. The predicted molar refractivity (Wildman–Crippen MR) is 122 cm³/mol. The fraction of sp³-hybridized carbons (Fsp3) is 1.00. The van der Waals surface area contributed by atoms with Crippen molar-refractivity contribution in [2.75, 3.05) is 13.2 Å². The first-order valence-corrected chi connectivity index (χ1v) is 13.0. The maximum Gasteiger partial charge on any atom is 0.210 e. The molecule has 0 aromatic carbocycles. The lowest BCUT2D eigenvalue weighted by atomic mass is 10.0. The Morgan fingerprint density at radius 1 is 0.735 bits per heavy atom. The molecule has 2 heterocycles. The Hall–Kier alpha value is -0.400. The van der Waals surface area contributed by atoms with Gasteiger partial charge in [-0.2, -0.15) is 0 Å². The van der Waals surface area contributed by atoms with E-state index in [4.69, 9.17) is 23.7 Å². The van der Waals surface area contributed by atoms with E-state index in [2.05, 4.69) is 13.8 Å². The molecule has 0 amide bonds. The van der Waals surface area contributed by atoms with Gasteiger partial charge in [-0.3, -0.25) is 0 Å². The molecule has 9 unspecified atom stereocenters. The lowest BCUT2D eigenvalue weighted by Crippen LogP contribution is -2.57. The molecule has 0 spiro atoms. The Balaban J connectivity index is 1.84. The number of hydrogen-bond acceptors (Lipinski definition) is 10. The van der Waals surface area contributed by atoms with E-state index in [-0.39, 0.29) is 19.1 Å². The van der Waals surface area contributed by atoms with Gasteiger partial charge in [-0.15, -0.1) is 0 Å². The van der Waals surface area contributed by atoms with Gasteiger partial charge >= 0.3 is 0 Å². The van der Waals surface area contributed by atoms with Crippen molar-refractivity contribution in [1.29, 1.82) is 0 Å². The molecule has 10 heteroatoms. The van der Waals surface area contributed by atoms with Crippen LogP contribution in [0.5, 0.6) is 0 Å². The zero-order valence-electron chi connectivity index (χ0n) is 20.7. The van der Waals surface area contributed by atoms with Crippen LogP contribution in [-0.2, 0) is 23.7 Å². The molecular formula is C24H46O10. The average Bonchev–Trinajstić information content (AvgIpc) is 2.81. The molecule has 5 N–H and O–H groups in total. The van der Waals surface area contributed by atoms with Crippen LogP contribution in [0.4, 0.5) is 0 Å². The predicted octanol–water partition coefficient (Wildman–Crippen LogP) is 1.54. The van der Waals surface area contributed by atoms with Crippen LogP contribution >= 0.6 is 0 Å². The SMILES string of the molecule is CCCCCCCCCC(CCC)OC1OC(CO)C(OC2OC(CO)C(O)OC2O)CC1O. The number of aliphatic hydroxyl groups excluding tert-OH is 5. The van der Waals surface area contributed by atoms with E-state index in [0.29, 0.717) is 0 Å². The molecule has 2 fully saturated rings. The number of rotatable bonds is 16. The highest BCUT2D eigenvalue weighted by molar-refractivity contribution is 4.84. The normalized spacial score (nSPS) is 35.4. The van der Waals surface area contributed by atoms with E-state index in [0.717, 1.165) is 32.1 Å². The maximum atomic E-state index is 10.7. The summed E-state index contributed by atoms with van der Waals surface area (Å²) in [6.07, 6.45) is 2.25. The van der Waals surface area contributed by atoms with Gasteiger partial charge in [0.05, 0.1) is 25.4 Å².